The molecular formula is C25H28N4O3. The van der Waals surface area contributed by atoms with Crippen LogP contribution in [0.15, 0.2) is 48.8 Å². The van der Waals surface area contributed by atoms with Gasteiger partial charge in [-0.05, 0) is 57.9 Å². The molecule has 0 radical (unpaired) electrons. The second-order valence-electron chi connectivity index (χ2n) is 8.30. The van der Waals surface area contributed by atoms with Gasteiger partial charge in [0, 0.05) is 48.1 Å². The van der Waals surface area contributed by atoms with E-state index in [2.05, 4.69) is 19.4 Å². The molecule has 1 aliphatic heterocycles. The molecule has 0 spiro atoms. The number of carbonyl (C=O) groups excluding carboxylic acids is 2. The minimum Gasteiger partial charge on any atom is -0.457 e. The number of rotatable bonds is 6. The summed E-state index contributed by atoms with van der Waals surface area (Å²) in [6.45, 7) is 7.08. The quantitative estimate of drug-likeness (QED) is 0.435. The Morgan fingerprint density at radius 3 is 2.34 bits per heavy atom. The topological polar surface area (TPSA) is 77.3 Å². The molecule has 1 aromatic carbocycles. The van der Waals surface area contributed by atoms with E-state index >= 15 is 0 Å². The summed E-state index contributed by atoms with van der Waals surface area (Å²) in [6.07, 6.45) is 4.74. The zero-order valence-electron chi connectivity index (χ0n) is 18.7. The number of Topliss-reactive ketones (excluding diaryl/α,β-unsaturated/α-hetero) is 1. The Labute approximate surface area is 188 Å². The molecule has 0 bridgehead atoms. The summed E-state index contributed by atoms with van der Waals surface area (Å²) in [7, 11) is 0. The van der Waals surface area contributed by atoms with Gasteiger partial charge in [-0.3, -0.25) is 9.59 Å². The van der Waals surface area contributed by atoms with Crippen molar-refractivity contribution in [3.63, 3.8) is 0 Å². The van der Waals surface area contributed by atoms with Crippen molar-refractivity contribution in [1.29, 1.82) is 0 Å². The fourth-order valence-corrected chi connectivity index (χ4v) is 4.24. The fourth-order valence-electron chi connectivity index (χ4n) is 4.24. The predicted octanol–water partition coefficient (Wildman–Crippen LogP) is 3.84. The fraction of sp³-hybridized carbons (Fsp3) is 0.360. The molecule has 3 heterocycles. The van der Waals surface area contributed by atoms with E-state index in [-0.39, 0.29) is 24.3 Å². The summed E-state index contributed by atoms with van der Waals surface area (Å²) in [6, 6.07) is 11.8. The van der Waals surface area contributed by atoms with Gasteiger partial charge < -0.3 is 14.2 Å². The van der Waals surface area contributed by atoms with Crippen molar-refractivity contribution in [3.05, 3.63) is 71.3 Å². The van der Waals surface area contributed by atoms with Gasteiger partial charge >= 0.3 is 5.97 Å². The smallest absolute Gasteiger partial charge is 0.309 e. The minimum atomic E-state index is -0.306. The van der Waals surface area contributed by atoms with Crippen LogP contribution in [0.1, 0.15) is 40.2 Å². The number of esters is 1. The lowest BCUT2D eigenvalue weighted by atomic mass is 9.97. The Morgan fingerprint density at radius 2 is 1.69 bits per heavy atom. The van der Waals surface area contributed by atoms with Gasteiger partial charge in [0.1, 0.15) is 0 Å². The van der Waals surface area contributed by atoms with Crippen LogP contribution in [0.3, 0.4) is 0 Å². The molecule has 2 aromatic heterocycles. The summed E-state index contributed by atoms with van der Waals surface area (Å²) in [4.78, 5) is 36.0. The van der Waals surface area contributed by atoms with Crippen LogP contribution in [0.2, 0.25) is 0 Å². The summed E-state index contributed by atoms with van der Waals surface area (Å²) in [5.41, 5.74) is 4.60. The van der Waals surface area contributed by atoms with Crippen molar-refractivity contribution >= 4 is 17.7 Å². The zero-order valence-corrected chi connectivity index (χ0v) is 18.7. The number of benzene rings is 1. The predicted molar refractivity (Wildman–Crippen MR) is 122 cm³/mol. The van der Waals surface area contributed by atoms with Gasteiger partial charge in [-0.1, -0.05) is 17.7 Å². The largest absolute Gasteiger partial charge is 0.457 e. The van der Waals surface area contributed by atoms with Gasteiger partial charge in [0.2, 0.25) is 11.7 Å². The van der Waals surface area contributed by atoms with Crippen molar-refractivity contribution in [2.45, 2.75) is 33.6 Å². The molecule has 0 atom stereocenters. The first kappa shape index (κ1) is 21.7. The van der Waals surface area contributed by atoms with Gasteiger partial charge in [-0.2, -0.15) is 0 Å². The van der Waals surface area contributed by atoms with Gasteiger partial charge in [0.25, 0.3) is 0 Å². The Kier molecular flexibility index (Phi) is 6.35. The number of ether oxygens (including phenoxy) is 1. The van der Waals surface area contributed by atoms with Crippen molar-refractivity contribution in [2.75, 3.05) is 24.6 Å². The van der Waals surface area contributed by atoms with Crippen molar-refractivity contribution < 1.29 is 14.3 Å². The molecule has 0 unspecified atom stereocenters. The molecule has 3 aromatic rings. The first-order chi connectivity index (χ1) is 15.4. The maximum absolute atomic E-state index is 12.8. The van der Waals surface area contributed by atoms with Gasteiger partial charge in [-0.15, -0.1) is 0 Å². The number of anilines is 1. The number of piperidine rings is 1. The van der Waals surface area contributed by atoms with Crippen LogP contribution in [-0.4, -0.2) is 46.0 Å². The Morgan fingerprint density at radius 1 is 1.03 bits per heavy atom. The van der Waals surface area contributed by atoms with Gasteiger partial charge in [0.15, 0.2) is 6.61 Å². The van der Waals surface area contributed by atoms with Crippen LogP contribution in [-0.2, 0) is 9.53 Å². The van der Waals surface area contributed by atoms with E-state index < -0.39 is 0 Å². The number of carbonyl (C=O) groups is 2. The van der Waals surface area contributed by atoms with Crippen LogP contribution >= 0.6 is 0 Å². The second kappa shape index (κ2) is 9.34. The molecule has 1 aliphatic rings. The summed E-state index contributed by atoms with van der Waals surface area (Å²) in [5, 5.41) is 0. The number of nitrogens with zero attached hydrogens (tertiary/aromatic N) is 4. The first-order valence-electron chi connectivity index (χ1n) is 10.9. The molecule has 1 saturated heterocycles. The summed E-state index contributed by atoms with van der Waals surface area (Å²) >= 11 is 0. The molecule has 4 rings (SSSR count). The van der Waals surface area contributed by atoms with E-state index in [1.54, 1.807) is 18.5 Å². The highest BCUT2D eigenvalue weighted by Gasteiger charge is 2.28. The van der Waals surface area contributed by atoms with Crippen LogP contribution in [0.4, 0.5) is 5.95 Å². The summed E-state index contributed by atoms with van der Waals surface area (Å²) in [5.74, 6) is -0.0135. The number of ketones is 1. The third kappa shape index (κ3) is 4.56. The SMILES string of the molecule is Cc1ccc(-n2c(C)cc(C(=O)COC(=O)C3CCN(c4ncccn4)CC3)c2C)cc1. The molecule has 32 heavy (non-hydrogen) atoms. The van der Waals surface area contributed by atoms with Gasteiger partial charge in [0.05, 0.1) is 5.92 Å². The monoisotopic (exact) mass is 432 g/mol. The van der Waals surface area contributed by atoms with Crippen molar-refractivity contribution in [3.8, 4) is 5.69 Å². The molecule has 0 N–H and O–H groups in total. The second-order valence-corrected chi connectivity index (χ2v) is 8.30. The number of aromatic nitrogens is 3. The molecule has 7 nitrogen and oxygen atoms in total. The Hall–Kier alpha value is -3.48. The average Bonchev–Trinajstić information content (AvgIpc) is 3.12. The Balaban J connectivity index is 1.34. The molecule has 0 aliphatic carbocycles. The number of hydrogen-bond donors (Lipinski definition) is 0. The first-order valence-corrected chi connectivity index (χ1v) is 10.9. The van der Waals surface area contributed by atoms with Gasteiger partial charge in [-0.25, -0.2) is 9.97 Å². The van der Waals surface area contributed by atoms with E-state index in [1.165, 1.54) is 5.56 Å². The highest BCUT2D eigenvalue weighted by molar-refractivity contribution is 5.99. The highest BCUT2D eigenvalue weighted by Crippen LogP contribution is 2.23. The maximum atomic E-state index is 12.8. The lowest BCUT2D eigenvalue weighted by Gasteiger charge is -2.30. The lowest BCUT2D eigenvalue weighted by molar-refractivity contribution is -0.148. The van der Waals surface area contributed by atoms with E-state index in [9.17, 15) is 9.59 Å². The third-order valence-corrected chi connectivity index (χ3v) is 6.03. The minimum absolute atomic E-state index is 0.181. The molecule has 166 valence electrons. The Bertz CT molecular complexity index is 1100. The normalized spacial score (nSPS) is 14.4. The van der Waals surface area contributed by atoms with E-state index in [4.69, 9.17) is 4.74 Å². The number of hydrogen-bond acceptors (Lipinski definition) is 6. The van der Waals surface area contributed by atoms with Crippen LogP contribution in [0.25, 0.3) is 5.69 Å². The molecule has 7 heteroatoms. The molecular weight excluding hydrogens is 404 g/mol. The van der Waals surface area contributed by atoms with Crippen LogP contribution in [0, 0.1) is 26.7 Å². The third-order valence-electron chi connectivity index (χ3n) is 6.03. The van der Waals surface area contributed by atoms with Crippen LogP contribution < -0.4 is 4.90 Å². The summed E-state index contributed by atoms with van der Waals surface area (Å²) < 4.78 is 7.47. The lowest BCUT2D eigenvalue weighted by Crippen LogP contribution is -2.38. The standard InChI is InChI=1S/C25H28N4O3/c1-17-5-7-21(8-6-17)29-18(2)15-22(19(29)3)23(30)16-32-24(31)20-9-13-28(14-10-20)25-26-11-4-12-27-25/h4-8,11-12,15,20H,9-10,13-14,16H2,1-3H3. The van der Waals surface area contributed by atoms with Crippen molar-refractivity contribution in [2.24, 2.45) is 5.92 Å². The highest BCUT2D eigenvalue weighted by atomic mass is 16.5. The molecule has 1 fully saturated rings. The zero-order chi connectivity index (χ0) is 22.7. The van der Waals surface area contributed by atoms with E-state index in [0.717, 1.165) is 17.1 Å². The average molecular weight is 433 g/mol. The maximum Gasteiger partial charge on any atom is 0.309 e. The molecule has 0 saturated carbocycles. The van der Waals surface area contributed by atoms with Crippen LogP contribution in [0.5, 0.6) is 0 Å². The molecule has 0 amide bonds. The number of aryl methyl sites for hydroxylation is 2. The van der Waals surface area contributed by atoms with E-state index in [1.807, 2.05) is 51.1 Å². The van der Waals surface area contributed by atoms with E-state index in [0.29, 0.717) is 37.4 Å². The van der Waals surface area contributed by atoms with Crippen molar-refractivity contribution in [1.82, 2.24) is 14.5 Å².